The van der Waals surface area contributed by atoms with E-state index in [-0.39, 0.29) is 18.3 Å². The lowest BCUT2D eigenvalue weighted by molar-refractivity contribution is 0.0907. The number of halogens is 1. The molecule has 75 valence electrons. The lowest BCUT2D eigenvalue weighted by atomic mass is 10.0. The fraction of sp³-hybridized carbons (Fsp3) is 0.364. The summed E-state index contributed by atoms with van der Waals surface area (Å²) in [5.41, 5.74) is 0.675. The fourth-order valence-electron chi connectivity index (χ4n) is 1.13. The van der Waals surface area contributed by atoms with Crippen LogP contribution in [0.25, 0.3) is 0 Å². The molecule has 0 N–H and O–H groups in total. The van der Waals surface area contributed by atoms with E-state index >= 15 is 0 Å². The van der Waals surface area contributed by atoms with Gasteiger partial charge in [0.1, 0.15) is 0 Å². The smallest absolute Gasteiger partial charge is 0.163 e. The van der Waals surface area contributed by atoms with Crippen molar-refractivity contribution in [2.75, 3.05) is 6.61 Å². The summed E-state index contributed by atoms with van der Waals surface area (Å²) in [5.74, 6) is -0.0352. The van der Waals surface area contributed by atoms with Crippen molar-refractivity contribution in [2.24, 2.45) is 5.92 Å². The molecule has 14 heavy (non-hydrogen) atoms. The first-order chi connectivity index (χ1) is 6.63. The molecule has 0 aliphatic carbocycles. The molecule has 0 aliphatic rings. The van der Waals surface area contributed by atoms with Gasteiger partial charge in [-0.25, -0.2) is 5.11 Å². The predicted molar refractivity (Wildman–Crippen MR) is 57.8 cm³/mol. The number of ketones is 1. The Kier molecular flexibility index (Phi) is 4.29. The highest BCUT2D eigenvalue weighted by molar-refractivity contribution is 9.10. The van der Waals surface area contributed by atoms with Gasteiger partial charge in [0.2, 0.25) is 0 Å². The second-order valence-electron chi connectivity index (χ2n) is 3.41. The molecule has 1 aromatic rings. The zero-order chi connectivity index (χ0) is 10.6. The van der Waals surface area contributed by atoms with Crippen LogP contribution in [0.1, 0.15) is 23.7 Å². The lowest BCUT2D eigenvalue weighted by Crippen LogP contribution is -2.08. The molecule has 0 heterocycles. The van der Waals surface area contributed by atoms with E-state index in [1.54, 1.807) is 19.1 Å². The Morgan fingerprint density at radius 1 is 1.36 bits per heavy atom. The average Bonchev–Trinajstić information content (AvgIpc) is 2.18. The molecule has 0 aromatic heterocycles. The summed E-state index contributed by atoms with van der Waals surface area (Å²) in [4.78, 5) is 11.6. The highest BCUT2D eigenvalue weighted by Gasteiger charge is 2.10. The Hall–Kier alpha value is -0.670. The SMILES string of the molecule is CC(C[O])CC(=O)c1ccc(Br)cc1. The molecule has 3 heteroatoms. The van der Waals surface area contributed by atoms with Crippen LogP contribution in [0.4, 0.5) is 0 Å². The standard InChI is InChI=1S/C11H12BrO2/c1-8(7-13)6-11(14)9-2-4-10(12)5-3-9/h2-5,8H,6-7H2,1H3. The van der Waals surface area contributed by atoms with Gasteiger partial charge in [-0.2, -0.15) is 0 Å². The van der Waals surface area contributed by atoms with Crippen LogP contribution < -0.4 is 0 Å². The molecule has 1 unspecified atom stereocenters. The van der Waals surface area contributed by atoms with E-state index in [1.807, 2.05) is 12.1 Å². The third kappa shape index (κ3) is 3.24. The van der Waals surface area contributed by atoms with E-state index in [2.05, 4.69) is 15.9 Å². The largest absolute Gasteiger partial charge is 0.294 e. The van der Waals surface area contributed by atoms with Crippen molar-refractivity contribution in [3.63, 3.8) is 0 Å². The molecule has 0 bridgehead atoms. The van der Waals surface area contributed by atoms with Crippen LogP contribution in [0, 0.1) is 5.92 Å². The summed E-state index contributed by atoms with van der Waals surface area (Å²) >= 11 is 3.30. The number of hydrogen-bond donors (Lipinski definition) is 0. The maximum absolute atomic E-state index is 11.6. The molecule has 1 aromatic carbocycles. The van der Waals surface area contributed by atoms with Crippen LogP contribution in [0.2, 0.25) is 0 Å². The van der Waals surface area contributed by atoms with Crippen molar-refractivity contribution in [1.82, 2.24) is 0 Å². The molecular formula is C11H12BrO2. The zero-order valence-corrected chi connectivity index (χ0v) is 9.58. The Bertz CT molecular complexity index is 306. The van der Waals surface area contributed by atoms with Crippen molar-refractivity contribution < 1.29 is 9.90 Å². The molecule has 0 fully saturated rings. The number of hydrogen-bond acceptors (Lipinski definition) is 1. The Morgan fingerprint density at radius 3 is 2.43 bits per heavy atom. The summed E-state index contributed by atoms with van der Waals surface area (Å²) in [5, 5.41) is 10.5. The maximum atomic E-state index is 11.6. The average molecular weight is 256 g/mol. The van der Waals surface area contributed by atoms with Gasteiger partial charge in [0.15, 0.2) is 5.78 Å². The van der Waals surface area contributed by atoms with Crippen molar-refractivity contribution in [2.45, 2.75) is 13.3 Å². The highest BCUT2D eigenvalue weighted by Crippen LogP contribution is 2.14. The van der Waals surface area contributed by atoms with Crippen LogP contribution >= 0.6 is 15.9 Å². The number of carbonyl (C=O) groups is 1. The summed E-state index contributed by atoms with van der Waals surface area (Å²) in [6, 6.07) is 7.19. The van der Waals surface area contributed by atoms with Gasteiger partial charge >= 0.3 is 0 Å². The van der Waals surface area contributed by atoms with E-state index in [1.165, 1.54) is 0 Å². The molecule has 1 radical (unpaired) electrons. The molecule has 1 rings (SSSR count). The molecule has 0 aliphatic heterocycles. The van der Waals surface area contributed by atoms with Crippen LogP contribution in [-0.4, -0.2) is 12.4 Å². The molecule has 0 saturated heterocycles. The summed E-state index contributed by atoms with van der Waals surface area (Å²) in [7, 11) is 0. The Balaban J connectivity index is 2.65. The first-order valence-corrected chi connectivity index (χ1v) is 5.29. The lowest BCUT2D eigenvalue weighted by Gasteiger charge is -2.05. The van der Waals surface area contributed by atoms with E-state index in [9.17, 15) is 9.90 Å². The van der Waals surface area contributed by atoms with Gasteiger partial charge in [0.25, 0.3) is 0 Å². The zero-order valence-electron chi connectivity index (χ0n) is 8.00. The van der Waals surface area contributed by atoms with Gasteiger partial charge in [-0.15, -0.1) is 0 Å². The normalized spacial score (nSPS) is 12.5. The Labute approximate surface area is 92.1 Å². The predicted octanol–water partition coefficient (Wildman–Crippen LogP) is 3.09. The van der Waals surface area contributed by atoms with E-state index in [0.717, 1.165) is 4.47 Å². The summed E-state index contributed by atoms with van der Waals surface area (Å²) in [6.07, 6.45) is 0.338. The highest BCUT2D eigenvalue weighted by atomic mass is 79.9. The molecule has 0 saturated carbocycles. The second kappa shape index (κ2) is 5.27. The minimum Gasteiger partial charge on any atom is -0.294 e. The third-order valence-corrected chi connectivity index (χ3v) is 2.51. The van der Waals surface area contributed by atoms with Crippen molar-refractivity contribution in [3.05, 3.63) is 34.3 Å². The van der Waals surface area contributed by atoms with Gasteiger partial charge in [0, 0.05) is 16.5 Å². The molecule has 1 atom stereocenters. The van der Waals surface area contributed by atoms with Crippen LogP contribution in [-0.2, 0) is 5.11 Å². The van der Waals surface area contributed by atoms with Gasteiger partial charge in [-0.1, -0.05) is 35.0 Å². The number of rotatable bonds is 4. The first kappa shape index (κ1) is 11.4. The van der Waals surface area contributed by atoms with Gasteiger partial charge in [-0.3, -0.25) is 4.79 Å². The molecule has 0 amide bonds. The van der Waals surface area contributed by atoms with Gasteiger partial charge < -0.3 is 0 Å². The van der Waals surface area contributed by atoms with Crippen molar-refractivity contribution in [1.29, 1.82) is 0 Å². The number of Topliss-reactive ketones (excluding diaryl/α,β-unsaturated/α-hetero) is 1. The van der Waals surface area contributed by atoms with Crippen molar-refractivity contribution >= 4 is 21.7 Å². The fourth-order valence-corrected chi connectivity index (χ4v) is 1.39. The third-order valence-electron chi connectivity index (χ3n) is 1.98. The van der Waals surface area contributed by atoms with Gasteiger partial charge in [-0.05, 0) is 18.1 Å². The first-order valence-electron chi connectivity index (χ1n) is 4.50. The number of benzene rings is 1. The monoisotopic (exact) mass is 255 g/mol. The number of carbonyl (C=O) groups excluding carboxylic acids is 1. The maximum Gasteiger partial charge on any atom is 0.163 e. The van der Waals surface area contributed by atoms with E-state index in [4.69, 9.17) is 0 Å². The topological polar surface area (TPSA) is 37.0 Å². The molecule has 2 nitrogen and oxygen atoms in total. The van der Waals surface area contributed by atoms with E-state index in [0.29, 0.717) is 12.0 Å². The summed E-state index contributed by atoms with van der Waals surface area (Å²) < 4.78 is 0.950. The minimum atomic E-state index is -0.192. The van der Waals surface area contributed by atoms with Crippen LogP contribution in [0.15, 0.2) is 28.7 Å². The Morgan fingerprint density at radius 2 is 1.93 bits per heavy atom. The molecule has 0 spiro atoms. The van der Waals surface area contributed by atoms with E-state index < -0.39 is 0 Å². The quantitative estimate of drug-likeness (QED) is 0.762. The summed E-state index contributed by atoms with van der Waals surface area (Å²) in [6.45, 7) is 1.60. The van der Waals surface area contributed by atoms with Crippen LogP contribution in [0.3, 0.4) is 0 Å². The minimum absolute atomic E-state index is 0.0425. The van der Waals surface area contributed by atoms with Gasteiger partial charge in [0.05, 0.1) is 6.61 Å². The molecular weight excluding hydrogens is 244 g/mol. The second-order valence-corrected chi connectivity index (χ2v) is 4.32. The van der Waals surface area contributed by atoms with Crippen molar-refractivity contribution in [3.8, 4) is 0 Å². The van der Waals surface area contributed by atoms with Crippen LogP contribution in [0.5, 0.6) is 0 Å².